The van der Waals surface area contributed by atoms with Crippen LogP contribution in [0.2, 0.25) is 0 Å². The minimum Gasteiger partial charge on any atom is -0.394 e. The van der Waals surface area contributed by atoms with Crippen molar-refractivity contribution in [2.75, 3.05) is 19.7 Å². The zero-order chi connectivity index (χ0) is 38.6. The Kier molecular flexibility index (Phi) is 29.7. The third-order valence-corrected chi connectivity index (χ3v) is 7.26. The summed E-state index contributed by atoms with van der Waals surface area (Å²) in [6.07, 6.45) is 7.56. The average Bonchev–Trinajstić information content (AvgIpc) is 3.54. The molecule has 0 bridgehead atoms. The number of aliphatic hydroxyl groups excluding tert-OH is 1. The van der Waals surface area contributed by atoms with Crippen LogP contribution < -0.4 is 22.1 Å². The fourth-order valence-corrected chi connectivity index (χ4v) is 4.11. The number of aromatic nitrogens is 3. The normalized spacial score (nSPS) is 11.7. The second kappa shape index (κ2) is 29.3. The van der Waals surface area contributed by atoms with Crippen LogP contribution in [0.4, 0.5) is 0 Å². The van der Waals surface area contributed by atoms with Gasteiger partial charge in [0.1, 0.15) is 11.6 Å². The first-order valence-corrected chi connectivity index (χ1v) is 17.7. The van der Waals surface area contributed by atoms with E-state index < -0.39 is 29.2 Å². The molecular formula is C35H67N7O7. The highest BCUT2D eigenvalue weighted by Crippen LogP contribution is 2.13. The number of hydrogen-bond acceptors (Lipinski definition) is 9. The molecule has 284 valence electrons. The van der Waals surface area contributed by atoms with Gasteiger partial charge in [0.2, 0.25) is 23.6 Å². The topological polar surface area (TPSA) is 229 Å². The lowest BCUT2D eigenvalue weighted by molar-refractivity contribution is -0.132. The van der Waals surface area contributed by atoms with Crippen molar-refractivity contribution >= 4 is 35.2 Å². The van der Waals surface area contributed by atoms with Crippen molar-refractivity contribution in [1.82, 2.24) is 25.6 Å². The van der Waals surface area contributed by atoms with E-state index >= 15 is 0 Å². The van der Waals surface area contributed by atoms with Gasteiger partial charge in [-0.25, -0.2) is 4.68 Å². The Morgan fingerprint density at radius 2 is 1.20 bits per heavy atom. The van der Waals surface area contributed by atoms with Gasteiger partial charge in [-0.15, -0.1) is 5.10 Å². The smallest absolute Gasteiger partial charge is 0.227 e. The van der Waals surface area contributed by atoms with Gasteiger partial charge in [-0.05, 0) is 65.7 Å². The number of ketones is 2. The molecule has 0 aliphatic heterocycles. The highest BCUT2D eigenvalue weighted by atomic mass is 16.3. The van der Waals surface area contributed by atoms with Crippen LogP contribution in [0, 0.1) is 17.8 Å². The fraction of sp³-hybridized carbons (Fsp3) is 0.771. The summed E-state index contributed by atoms with van der Waals surface area (Å²) in [6, 6.07) is 0. The van der Waals surface area contributed by atoms with E-state index in [1.54, 1.807) is 10.9 Å². The van der Waals surface area contributed by atoms with Gasteiger partial charge in [0.25, 0.3) is 0 Å². The average molecular weight is 698 g/mol. The molecule has 2 atom stereocenters. The van der Waals surface area contributed by atoms with E-state index in [9.17, 15) is 33.9 Å². The van der Waals surface area contributed by atoms with E-state index in [-0.39, 0.29) is 36.4 Å². The molecule has 0 fully saturated rings. The van der Waals surface area contributed by atoms with Gasteiger partial charge in [-0.1, -0.05) is 59.6 Å². The van der Waals surface area contributed by atoms with Crippen molar-refractivity contribution in [3.63, 3.8) is 0 Å². The summed E-state index contributed by atoms with van der Waals surface area (Å²) in [5.41, 5.74) is 10.5. The molecular weight excluding hydrogens is 630 g/mol. The van der Waals surface area contributed by atoms with Crippen molar-refractivity contribution < 1.29 is 33.9 Å². The Morgan fingerprint density at radius 1 is 0.776 bits per heavy atom. The Bertz CT molecular complexity index is 1080. The summed E-state index contributed by atoms with van der Waals surface area (Å²) in [5, 5.41) is 22.9. The maximum Gasteiger partial charge on any atom is 0.227 e. The molecule has 0 aliphatic rings. The molecule has 4 amide bonds. The van der Waals surface area contributed by atoms with Gasteiger partial charge in [0, 0.05) is 38.5 Å². The lowest BCUT2D eigenvalue weighted by Gasteiger charge is -2.20. The lowest BCUT2D eigenvalue weighted by Crippen LogP contribution is -2.31. The summed E-state index contributed by atoms with van der Waals surface area (Å²) in [6.45, 7) is 19.6. The summed E-state index contributed by atoms with van der Waals surface area (Å²) in [7, 11) is 0. The van der Waals surface area contributed by atoms with Crippen LogP contribution >= 0.6 is 0 Å². The zero-order valence-electron chi connectivity index (χ0n) is 31.9. The van der Waals surface area contributed by atoms with Crippen LogP contribution in [0.25, 0.3) is 0 Å². The summed E-state index contributed by atoms with van der Waals surface area (Å²) < 4.78 is 1.59. The van der Waals surface area contributed by atoms with Crippen LogP contribution in [0.1, 0.15) is 133 Å². The fourth-order valence-electron chi connectivity index (χ4n) is 4.11. The van der Waals surface area contributed by atoms with Gasteiger partial charge in [0.05, 0.1) is 29.7 Å². The van der Waals surface area contributed by atoms with Gasteiger partial charge in [0.15, 0.2) is 0 Å². The Morgan fingerprint density at radius 3 is 1.57 bits per heavy atom. The first kappa shape index (κ1) is 49.7. The standard InChI is InChI=1S/C17H29N5O4.C14H26N2O3.2C2H6/c1-12(24)14(16(18)26)6-4-5-9-19-15(25)8-7-13-10-22(21-20-13)17(2,3)11-23;1-10(2)7-8-13(18)16-9-5-4-6-12(11(3)17)14(15)19;2*1-2/h10,14,23H,4-9,11H2,1-3H3,(H2,18,26)(H,19,25);10,12H,4-9H2,1-3H3,(H2,15,19)(H,16,18);2*1-2H3. The van der Waals surface area contributed by atoms with E-state index in [4.69, 9.17) is 11.5 Å². The zero-order valence-corrected chi connectivity index (χ0v) is 31.9. The van der Waals surface area contributed by atoms with Crippen LogP contribution in [0.3, 0.4) is 0 Å². The number of nitrogens with one attached hydrogen (secondary N) is 2. The van der Waals surface area contributed by atoms with Crippen LogP contribution in [-0.4, -0.2) is 75.0 Å². The molecule has 0 saturated carbocycles. The second-order valence-corrected chi connectivity index (χ2v) is 12.4. The van der Waals surface area contributed by atoms with Gasteiger partial charge in [-0.2, -0.15) is 0 Å². The van der Waals surface area contributed by atoms with Crippen molar-refractivity contribution in [1.29, 1.82) is 0 Å². The molecule has 14 heteroatoms. The number of unbranched alkanes of at least 4 members (excludes halogenated alkanes) is 2. The molecule has 2 unspecified atom stereocenters. The number of amides is 4. The molecule has 1 aromatic rings. The number of aryl methyl sites for hydroxylation is 1. The highest BCUT2D eigenvalue weighted by Gasteiger charge is 2.22. The van der Waals surface area contributed by atoms with Crippen LogP contribution in [0.5, 0.6) is 0 Å². The van der Waals surface area contributed by atoms with Crippen molar-refractivity contribution in [3.05, 3.63) is 11.9 Å². The second-order valence-electron chi connectivity index (χ2n) is 12.4. The molecule has 0 radical (unpaired) electrons. The van der Waals surface area contributed by atoms with E-state index in [1.807, 2.05) is 41.5 Å². The number of rotatable bonds is 22. The summed E-state index contributed by atoms with van der Waals surface area (Å²) >= 11 is 0. The SMILES string of the molecule is CC.CC.CC(=O)C(CCCCNC(=O)CCC(C)C)C(N)=O.CC(=O)C(CCCCNC(=O)CCc1cn(C(C)(C)CO)nn1)C(N)=O. The minimum atomic E-state index is -0.739. The Hall–Kier alpha value is -3.68. The molecule has 1 aromatic heterocycles. The van der Waals surface area contributed by atoms with Gasteiger partial charge >= 0.3 is 0 Å². The molecule has 0 spiro atoms. The number of nitrogens with two attached hydrogens (primary N) is 2. The first-order chi connectivity index (χ1) is 23.0. The number of primary amides is 2. The van der Waals surface area contributed by atoms with E-state index in [1.165, 1.54) is 13.8 Å². The predicted molar refractivity (Wildman–Crippen MR) is 192 cm³/mol. The molecule has 0 aromatic carbocycles. The predicted octanol–water partition coefficient (Wildman–Crippen LogP) is 3.37. The molecule has 1 rings (SSSR count). The monoisotopic (exact) mass is 698 g/mol. The number of carbonyl (C=O) groups excluding carboxylic acids is 6. The lowest BCUT2D eigenvalue weighted by atomic mass is 9.97. The molecule has 7 N–H and O–H groups in total. The maximum absolute atomic E-state index is 11.9. The van der Waals surface area contributed by atoms with Crippen LogP contribution in [-0.2, 0) is 40.7 Å². The molecule has 0 aliphatic carbocycles. The van der Waals surface area contributed by atoms with Crippen molar-refractivity contribution in [2.45, 2.75) is 139 Å². The van der Waals surface area contributed by atoms with E-state index in [0.717, 1.165) is 12.8 Å². The van der Waals surface area contributed by atoms with Crippen molar-refractivity contribution in [3.8, 4) is 0 Å². The number of nitrogens with zero attached hydrogens (tertiary/aromatic N) is 3. The van der Waals surface area contributed by atoms with Crippen LogP contribution in [0.15, 0.2) is 6.20 Å². The Labute approximate surface area is 294 Å². The third kappa shape index (κ3) is 25.0. The minimum absolute atomic E-state index is 0.0590. The van der Waals surface area contributed by atoms with E-state index in [2.05, 4.69) is 34.8 Å². The molecule has 1 heterocycles. The molecule has 14 nitrogen and oxygen atoms in total. The molecule has 0 saturated heterocycles. The number of carbonyl (C=O) groups is 6. The molecule has 49 heavy (non-hydrogen) atoms. The summed E-state index contributed by atoms with van der Waals surface area (Å²) in [4.78, 5) is 67.8. The summed E-state index contributed by atoms with van der Waals surface area (Å²) in [5.74, 6) is -2.50. The highest BCUT2D eigenvalue weighted by molar-refractivity contribution is 5.99. The largest absolute Gasteiger partial charge is 0.394 e. The first-order valence-electron chi connectivity index (χ1n) is 17.7. The Balaban J connectivity index is -0.000000816. The van der Waals surface area contributed by atoms with Gasteiger partial charge in [-0.3, -0.25) is 28.8 Å². The maximum atomic E-state index is 11.9. The third-order valence-electron chi connectivity index (χ3n) is 7.26. The van der Waals surface area contributed by atoms with E-state index in [0.29, 0.717) is 69.6 Å². The number of hydrogen-bond donors (Lipinski definition) is 5. The quantitative estimate of drug-likeness (QED) is 0.0882. The number of aliphatic hydroxyl groups is 1. The van der Waals surface area contributed by atoms with Gasteiger partial charge < -0.3 is 27.2 Å². The number of Topliss-reactive ketones (excluding diaryl/α,β-unsaturated/α-hetero) is 2. The van der Waals surface area contributed by atoms with Crippen molar-refractivity contribution in [2.24, 2.45) is 29.2 Å².